The van der Waals surface area contributed by atoms with Gasteiger partial charge >= 0.3 is 6.03 Å². The molecular formula is C15H19N3O2S. The second-order valence-electron chi connectivity index (χ2n) is 5.02. The lowest BCUT2D eigenvalue weighted by Crippen LogP contribution is -2.40. The molecule has 0 spiro atoms. The Labute approximate surface area is 128 Å². The highest BCUT2D eigenvalue weighted by molar-refractivity contribution is 7.15. The Morgan fingerprint density at radius 3 is 2.52 bits per heavy atom. The molecule has 0 aliphatic rings. The average Bonchev–Trinajstić information content (AvgIpc) is 2.94. The summed E-state index contributed by atoms with van der Waals surface area (Å²) in [5.41, 5.74) is 6.33. The lowest BCUT2D eigenvalue weighted by Gasteiger charge is -2.27. The Morgan fingerprint density at radius 2 is 2.05 bits per heavy atom. The Hall–Kier alpha value is -1.92. The molecule has 1 atom stereocenters. The summed E-state index contributed by atoms with van der Waals surface area (Å²) < 4.78 is 0. The number of primary amides is 1. The van der Waals surface area contributed by atoms with Crippen LogP contribution in [0.1, 0.15) is 36.2 Å². The third-order valence-electron chi connectivity index (χ3n) is 3.19. The molecule has 2 rings (SSSR count). The number of aromatic nitrogens is 1. The highest BCUT2D eigenvalue weighted by Crippen LogP contribution is 2.33. The van der Waals surface area contributed by atoms with Gasteiger partial charge in [0.25, 0.3) is 0 Å². The summed E-state index contributed by atoms with van der Waals surface area (Å²) in [4.78, 5) is 18.6. The van der Waals surface area contributed by atoms with Crippen LogP contribution in [0.2, 0.25) is 0 Å². The van der Waals surface area contributed by atoms with Crippen LogP contribution in [0.15, 0.2) is 36.5 Å². The van der Waals surface area contributed by atoms with Crippen molar-refractivity contribution in [3.05, 3.63) is 47.0 Å². The predicted molar refractivity (Wildman–Crippen MR) is 84.5 cm³/mol. The van der Waals surface area contributed by atoms with E-state index in [-0.39, 0.29) is 6.61 Å². The second-order valence-corrected chi connectivity index (χ2v) is 6.06. The van der Waals surface area contributed by atoms with E-state index in [1.165, 1.54) is 16.2 Å². The molecule has 1 heterocycles. The van der Waals surface area contributed by atoms with E-state index in [0.717, 1.165) is 10.4 Å². The number of nitrogens with two attached hydrogens (primary N) is 1. The van der Waals surface area contributed by atoms with Crippen molar-refractivity contribution in [3.8, 4) is 0 Å². The topological polar surface area (TPSA) is 79.5 Å². The van der Waals surface area contributed by atoms with E-state index >= 15 is 0 Å². The number of urea groups is 1. The summed E-state index contributed by atoms with van der Waals surface area (Å²) in [5.74, 6) is 0.329. The molecule has 1 aromatic heterocycles. The molecule has 6 heteroatoms. The fraction of sp³-hybridized carbons (Fsp3) is 0.333. The van der Waals surface area contributed by atoms with Gasteiger partial charge in [0.05, 0.1) is 12.6 Å². The van der Waals surface area contributed by atoms with Crippen LogP contribution >= 0.6 is 11.3 Å². The maximum absolute atomic E-state index is 11.9. The number of nitrogens with zero attached hydrogens (tertiary/aromatic N) is 2. The van der Waals surface area contributed by atoms with Gasteiger partial charge in [-0.1, -0.05) is 44.2 Å². The van der Waals surface area contributed by atoms with Gasteiger partial charge in [-0.2, -0.15) is 0 Å². The number of anilines is 1. The molecule has 0 fully saturated rings. The fourth-order valence-corrected chi connectivity index (χ4v) is 3.02. The second kappa shape index (κ2) is 6.69. The number of benzene rings is 1. The number of hydrogen-bond donors (Lipinski definition) is 2. The van der Waals surface area contributed by atoms with Gasteiger partial charge < -0.3 is 10.8 Å². The van der Waals surface area contributed by atoms with Crippen LogP contribution in [-0.4, -0.2) is 22.7 Å². The summed E-state index contributed by atoms with van der Waals surface area (Å²) in [5, 5.41) is 10.2. The normalized spacial score (nSPS) is 12.4. The smallest absolute Gasteiger partial charge is 0.321 e. The zero-order chi connectivity index (χ0) is 15.4. The van der Waals surface area contributed by atoms with Crippen molar-refractivity contribution in [1.29, 1.82) is 0 Å². The van der Waals surface area contributed by atoms with Crippen molar-refractivity contribution in [2.45, 2.75) is 25.8 Å². The SMILES string of the molecule is CC(C)c1cnc(N(C(N)=O)[C@H](CO)c2ccccc2)s1. The number of thiazole rings is 1. The maximum Gasteiger partial charge on any atom is 0.321 e. The van der Waals surface area contributed by atoms with E-state index in [1.807, 2.05) is 30.3 Å². The zero-order valence-corrected chi connectivity index (χ0v) is 12.9. The number of carbonyl (C=O) groups excluding carboxylic acids is 1. The van der Waals surface area contributed by atoms with Gasteiger partial charge in [0.15, 0.2) is 5.13 Å². The van der Waals surface area contributed by atoms with E-state index in [1.54, 1.807) is 6.20 Å². The van der Waals surface area contributed by atoms with Gasteiger partial charge in [0.1, 0.15) is 0 Å². The van der Waals surface area contributed by atoms with E-state index in [9.17, 15) is 9.90 Å². The van der Waals surface area contributed by atoms with Crippen LogP contribution in [0.4, 0.5) is 9.93 Å². The summed E-state index contributed by atoms with van der Waals surface area (Å²) >= 11 is 1.42. The average molecular weight is 305 g/mol. The van der Waals surface area contributed by atoms with Crippen molar-refractivity contribution in [1.82, 2.24) is 4.98 Å². The van der Waals surface area contributed by atoms with Gasteiger partial charge in [0.2, 0.25) is 0 Å². The molecule has 2 aromatic rings. The monoisotopic (exact) mass is 305 g/mol. The van der Waals surface area contributed by atoms with E-state index in [4.69, 9.17) is 5.73 Å². The lowest BCUT2D eigenvalue weighted by molar-refractivity contribution is 0.236. The number of carbonyl (C=O) groups is 1. The molecular weight excluding hydrogens is 286 g/mol. The highest BCUT2D eigenvalue weighted by Gasteiger charge is 2.27. The van der Waals surface area contributed by atoms with Gasteiger partial charge in [0, 0.05) is 11.1 Å². The number of amides is 2. The quantitative estimate of drug-likeness (QED) is 0.891. The van der Waals surface area contributed by atoms with Gasteiger partial charge in [-0.05, 0) is 11.5 Å². The number of hydrogen-bond acceptors (Lipinski definition) is 4. The first-order chi connectivity index (χ1) is 10.0. The third-order valence-corrected chi connectivity index (χ3v) is 4.49. The number of aliphatic hydroxyl groups is 1. The van der Waals surface area contributed by atoms with E-state index in [0.29, 0.717) is 11.0 Å². The van der Waals surface area contributed by atoms with Gasteiger partial charge in [-0.25, -0.2) is 9.78 Å². The van der Waals surface area contributed by atoms with Crippen LogP contribution in [0.25, 0.3) is 0 Å². The Balaban J connectivity index is 2.39. The fourth-order valence-electron chi connectivity index (χ4n) is 2.05. The van der Waals surface area contributed by atoms with E-state index in [2.05, 4.69) is 18.8 Å². The van der Waals surface area contributed by atoms with Crippen LogP contribution in [0.3, 0.4) is 0 Å². The van der Waals surface area contributed by atoms with Crippen LogP contribution in [0.5, 0.6) is 0 Å². The maximum atomic E-state index is 11.9. The van der Waals surface area contributed by atoms with E-state index < -0.39 is 12.1 Å². The molecule has 0 radical (unpaired) electrons. The third kappa shape index (κ3) is 3.40. The summed E-state index contributed by atoms with van der Waals surface area (Å²) in [7, 11) is 0. The minimum absolute atomic E-state index is 0.219. The van der Waals surface area contributed by atoms with Crippen molar-refractivity contribution in [3.63, 3.8) is 0 Å². The molecule has 2 amide bonds. The Bertz CT molecular complexity index is 598. The lowest BCUT2D eigenvalue weighted by atomic mass is 10.1. The molecule has 5 nitrogen and oxygen atoms in total. The van der Waals surface area contributed by atoms with Gasteiger partial charge in [-0.15, -0.1) is 11.3 Å². The van der Waals surface area contributed by atoms with Crippen molar-refractivity contribution in [2.24, 2.45) is 5.73 Å². The summed E-state index contributed by atoms with van der Waals surface area (Å²) in [6.07, 6.45) is 1.75. The Morgan fingerprint density at radius 1 is 1.38 bits per heavy atom. The molecule has 1 aromatic carbocycles. The molecule has 112 valence electrons. The summed E-state index contributed by atoms with van der Waals surface area (Å²) in [6, 6.07) is 8.16. The zero-order valence-electron chi connectivity index (χ0n) is 12.1. The minimum Gasteiger partial charge on any atom is -0.394 e. The van der Waals surface area contributed by atoms with Crippen LogP contribution < -0.4 is 10.6 Å². The standard InChI is InChI=1S/C15H19N3O2S/c1-10(2)13-8-17-15(21-13)18(14(16)20)12(9-19)11-6-4-3-5-7-11/h3-8,10,12,19H,9H2,1-2H3,(H2,16,20)/t12-/m1/s1. The van der Waals surface area contributed by atoms with Crippen LogP contribution in [0, 0.1) is 0 Å². The van der Waals surface area contributed by atoms with Gasteiger partial charge in [-0.3, -0.25) is 4.90 Å². The highest BCUT2D eigenvalue weighted by atomic mass is 32.1. The van der Waals surface area contributed by atoms with Crippen molar-refractivity contribution >= 4 is 22.5 Å². The first-order valence-corrected chi connectivity index (χ1v) is 7.56. The number of rotatable bonds is 5. The molecule has 0 aliphatic heterocycles. The van der Waals surface area contributed by atoms with Crippen LogP contribution in [-0.2, 0) is 0 Å². The van der Waals surface area contributed by atoms with Crippen molar-refractivity contribution in [2.75, 3.05) is 11.5 Å². The first kappa shape index (κ1) is 15.5. The largest absolute Gasteiger partial charge is 0.394 e. The Kier molecular flexibility index (Phi) is 4.93. The van der Waals surface area contributed by atoms with Crippen molar-refractivity contribution < 1.29 is 9.90 Å². The molecule has 3 N–H and O–H groups in total. The predicted octanol–water partition coefficient (Wildman–Crippen LogP) is 2.89. The first-order valence-electron chi connectivity index (χ1n) is 6.74. The molecule has 0 saturated heterocycles. The molecule has 21 heavy (non-hydrogen) atoms. The minimum atomic E-state index is -0.623. The molecule has 0 aliphatic carbocycles. The summed E-state index contributed by atoms with van der Waals surface area (Å²) in [6.45, 7) is 3.91. The molecule has 0 unspecified atom stereocenters. The molecule has 0 saturated carbocycles. The molecule has 0 bridgehead atoms. The number of aliphatic hydroxyl groups excluding tert-OH is 1.